The number of carbonyl (C=O) groups is 2. The number of hydrogen-bond donors (Lipinski definition) is 3. The van der Waals surface area contributed by atoms with Crippen LogP contribution in [-0.4, -0.2) is 41.7 Å². The fourth-order valence-electron chi connectivity index (χ4n) is 5.16. The third-order valence-electron chi connectivity index (χ3n) is 6.49. The predicted molar refractivity (Wildman–Crippen MR) is 127 cm³/mol. The Morgan fingerprint density at radius 2 is 1.56 bits per heavy atom. The Labute approximate surface area is 197 Å². The van der Waals surface area contributed by atoms with Crippen molar-refractivity contribution >= 4 is 11.8 Å². The van der Waals surface area contributed by atoms with Gasteiger partial charge in [0.05, 0.1) is 5.41 Å². The van der Waals surface area contributed by atoms with Gasteiger partial charge in [0, 0.05) is 38.3 Å². The molecule has 0 unspecified atom stereocenters. The number of aromatic nitrogens is 2. The molecule has 1 aliphatic rings. The summed E-state index contributed by atoms with van der Waals surface area (Å²) in [6.45, 7) is 1.90. The van der Waals surface area contributed by atoms with Gasteiger partial charge in [-0.15, -0.1) is 0 Å². The molecule has 0 fully saturated rings. The summed E-state index contributed by atoms with van der Waals surface area (Å²) in [4.78, 5) is 41.2. The summed E-state index contributed by atoms with van der Waals surface area (Å²) in [5.74, 6) is -0.631. The van der Waals surface area contributed by atoms with Crippen molar-refractivity contribution in [2.75, 3.05) is 14.1 Å². The second kappa shape index (κ2) is 8.90. The number of aryl methyl sites for hydroxylation is 3. The van der Waals surface area contributed by atoms with Gasteiger partial charge in [-0.3, -0.25) is 9.59 Å². The number of benzene rings is 2. The van der Waals surface area contributed by atoms with Gasteiger partial charge >= 0.3 is 5.76 Å². The van der Waals surface area contributed by atoms with Crippen molar-refractivity contribution in [3.63, 3.8) is 0 Å². The number of amides is 2. The molecule has 1 aliphatic carbocycles. The number of nitrogens with two attached hydrogens (primary N) is 1. The average molecular weight is 464 g/mol. The van der Waals surface area contributed by atoms with Crippen LogP contribution in [0.2, 0.25) is 0 Å². The van der Waals surface area contributed by atoms with E-state index in [9.17, 15) is 14.4 Å². The van der Waals surface area contributed by atoms with E-state index in [4.69, 9.17) is 10.3 Å². The van der Waals surface area contributed by atoms with Crippen LogP contribution in [0, 0.1) is 0 Å². The van der Waals surface area contributed by atoms with Gasteiger partial charge in [-0.05, 0) is 72.7 Å². The first-order valence-corrected chi connectivity index (χ1v) is 11.2. The number of nitrogens with zero attached hydrogens (tertiary/aromatic N) is 2. The molecule has 34 heavy (non-hydrogen) atoms. The third kappa shape index (κ3) is 3.81. The highest BCUT2D eigenvalue weighted by Gasteiger charge is 2.46. The summed E-state index contributed by atoms with van der Waals surface area (Å²) in [5, 5.41) is 5.34. The molecule has 178 valence electrons. The van der Waals surface area contributed by atoms with E-state index < -0.39 is 11.2 Å². The molecule has 0 spiro atoms. The van der Waals surface area contributed by atoms with Crippen LogP contribution in [-0.2, 0) is 25.3 Å². The molecule has 9 nitrogen and oxygen atoms in total. The SMILES string of the molecule is CNC(=O)c1ccc2c(c1)CCc1cc(C(=O)NC)ccc1C2(C[C@H](C)N)c1nc(=O)on1C. The fraction of sp³-hybridized carbons (Fsp3) is 0.360. The standard InChI is InChI=1S/C25H29N5O4/c1-14(26)13-25(23-29-24(33)34-30(23)4)19-9-7-17(21(31)27-2)11-15(19)5-6-16-12-18(22(32)28-3)8-10-20(16)25/h7-12,14H,5-6,13,26H2,1-4H3,(H,27,31)(H,28,32)/t14-/m0/s1. The van der Waals surface area contributed by atoms with Gasteiger partial charge < -0.3 is 20.9 Å². The molecule has 4 rings (SSSR count). The second-order valence-electron chi connectivity index (χ2n) is 8.78. The van der Waals surface area contributed by atoms with Gasteiger partial charge in [0.2, 0.25) is 0 Å². The van der Waals surface area contributed by atoms with Crippen LogP contribution in [0.1, 0.15) is 62.1 Å². The van der Waals surface area contributed by atoms with Gasteiger partial charge in [-0.2, -0.15) is 9.72 Å². The lowest BCUT2D eigenvalue weighted by atomic mass is 9.67. The van der Waals surface area contributed by atoms with E-state index in [0.29, 0.717) is 36.2 Å². The molecule has 2 amide bonds. The maximum Gasteiger partial charge on any atom is 0.459 e. The first kappa shape index (κ1) is 23.4. The molecule has 0 saturated carbocycles. The van der Waals surface area contributed by atoms with Crippen LogP contribution in [0.4, 0.5) is 0 Å². The lowest BCUT2D eigenvalue weighted by Gasteiger charge is -2.36. The van der Waals surface area contributed by atoms with E-state index in [-0.39, 0.29) is 17.9 Å². The zero-order valence-electron chi connectivity index (χ0n) is 19.8. The highest BCUT2D eigenvalue weighted by molar-refractivity contribution is 5.95. The van der Waals surface area contributed by atoms with Gasteiger partial charge in [-0.1, -0.05) is 12.1 Å². The Bertz CT molecular complexity index is 1250. The van der Waals surface area contributed by atoms with Crippen molar-refractivity contribution < 1.29 is 14.1 Å². The largest absolute Gasteiger partial charge is 0.459 e. The molecule has 1 atom stereocenters. The van der Waals surface area contributed by atoms with E-state index in [1.807, 2.05) is 31.2 Å². The molecule has 1 aromatic heterocycles. The molecule has 9 heteroatoms. The molecular formula is C25H29N5O4. The number of fused-ring (bicyclic) bond motifs is 2. The van der Waals surface area contributed by atoms with Crippen LogP contribution >= 0.6 is 0 Å². The minimum atomic E-state index is -0.918. The Kier molecular flexibility index (Phi) is 6.14. The maximum atomic E-state index is 12.4. The first-order valence-electron chi connectivity index (χ1n) is 11.2. The smallest absolute Gasteiger partial charge is 0.355 e. The van der Waals surface area contributed by atoms with Crippen LogP contribution in [0.25, 0.3) is 0 Å². The van der Waals surface area contributed by atoms with Crippen LogP contribution in [0.15, 0.2) is 45.7 Å². The summed E-state index contributed by atoms with van der Waals surface area (Å²) in [7, 11) is 4.83. The van der Waals surface area contributed by atoms with Crippen molar-refractivity contribution in [3.8, 4) is 0 Å². The highest BCUT2D eigenvalue weighted by atomic mass is 16.5. The molecule has 4 N–H and O–H groups in total. The summed E-state index contributed by atoms with van der Waals surface area (Å²) >= 11 is 0. The van der Waals surface area contributed by atoms with E-state index in [2.05, 4.69) is 15.6 Å². The van der Waals surface area contributed by atoms with E-state index in [1.165, 1.54) is 4.74 Å². The first-order chi connectivity index (χ1) is 16.2. The van der Waals surface area contributed by atoms with Crippen molar-refractivity contribution in [2.24, 2.45) is 12.8 Å². The Morgan fingerprint density at radius 1 is 1.06 bits per heavy atom. The summed E-state index contributed by atoms with van der Waals surface area (Å²) in [6, 6.07) is 10.9. The Morgan fingerprint density at radius 3 is 1.94 bits per heavy atom. The predicted octanol–water partition coefficient (Wildman–Crippen LogP) is 1.26. The van der Waals surface area contributed by atoms with Gasteiger partial charge in [-0.25, -0.2) is 4.79 Å². The minimum Gasteiger partial charge on any atom is -0.355 e. The number of rotatable bonds is 5. The van der Waals surface area contributed by atoms with Crippen LogP contribution in [0.5, 0.6) is 0 Å². The van der Waals surface area contributed by atoms with Gasteiger partial charge in [0.25, 0.3) is 11.8 Å². The maximum absolute atomic E-state index is 12.4. The zero-order chi connectivity index (χ0) is 24.6. The topological polar surface area (TPSA) is 132 Å². The van der Waals surface area contributed by atoms with Gasteiger partial charge in [0.15, 0.2) is 5.82 Å². The molecule has 0 bridgehead atoms. The lowest BCUT2D eigenvalue weighted by molar-refractivity contribution is 0.0955. The molecule has 3 aromatic rings. The molecule has 0 aliphatic heterocycles. The monoisotopic (exact) mass is 463 g/mol. The summed E-state index contributed by atoms with van der Waals surface area (Å²) < 4.78 is 6.68. The number of nitrogens with one attached hydrogen (secondary N) is 2. The quantitative estimate of drug-likeness (QED) is 0.522. The molecule has 0 saturated heterocycles. The molecule has 2 aromatic carbocycles. The van der Waals surface area contributed by atoms with Crippen LogP contribution in [0.3, 0.4) is 0 Å². The lowest BCUT2D eigenvalue weighted by Crippen LogP contribution is -2.39. The molecule has 0 radical (unpaired) electrons. The van der Waals surface area contributed by atoms with Crippen molar-refractivity contribution in [1.82, 2.24) is 20.4 Å². The van der Waals surface area contributed by atoms with E-state index in [0.717, 1.165) is 22.3 Å². The molecular weight excluding hydrogens is 434 g/mol. The Hall–Kier alpha value is -3.72. The fourth-order valence-corrected chi connectivity index (χ4v) is 5.16. The van der Waals surface area contributed by atoms with Gasteiger partial charge in [0.1, 0.15) is 0 Å². The van der Waals surface area contributed by atoms with E-state index in [1.54, 1.807) is 33.3 Å². The number of hydrogen-bond acceptors (Lipinski definition) is 6. The van der Waals surface area contributed by atoms with E-state index >= 15 is 0 Å². The van der Waals surface area contributed by atoms with Crippen molar-refractivity contribution in [2.45, 2.75) is 37.6 Å². The molecule has 1 heterocycles. The summed E-state index contributed by atoms with van der Waals surface area (Å²) in [5.41, 5.74) is 10.3. The average Bonchev–Trinajstić information content (AvgIpc) is 3.11. The van der Waals surface area contributed by atoms with Crippen LogP contribution < -0.4 is 22.1 Å². The Balaban J connectivity index is 2.09. The van der Waals surface area contributed by atoms with Crippen molar-refractivity contribution in [3.05, 3.63) is 86.2 Å². The minimum absolute atomic E-state index is 0.182. The zero-order valence-corrected chi connectivity index (χ0v) is 19.8. The normalized spacial score (nSPS) is 15.0. The highest BCUT2D eigenvalue weighted by Crippen LogP contribution is 2.47. The third-order valence-corrected chi connectivity index (χ3v) is 6.49. The summed E-state index contributed by atoms with van der Waals surface area (Å²) in [6.07, 6.45) is 1.71. The second-order valence-corrected chi connectivity index (χ2v) is 8.78. The number of carbonyl (C=O) groups excluding carboxylic acids is 2. The van der Waals surface area contributed by atoms with Crippen molar-refractivity contribution in [1.29, 1.82) is 0 Å².